The number of nitrogens with zero attached hydrogens (tertiary/aromatic N) is 2. The fraction of sp³-hybridized carbons (Fsp3) is 0.0222. The largest absolute Gasteiger partial charge is 0.308 e. The predicted molar refractivity (Wildman–Crippen MR) is 199 cm³/mol. The van der Waals surface area contributed by atoms with Gasteiger partial charge in [0.05, 0.1) is 33.5 Å². The van der Waals surface area contributed by atoms with Crippen LogP contribution in [-0.2, 0) is 0 Å². The van der Waals surface area contributed by atoms with Gasteiger partial charge in [0.2, 0.25) is 0 Å². The van der Waals surface area contributed by atoms with E-state index in [1.54, 1.807) is 6.07 Å². The zero-order valence-corrected chi connectivity index (χ0v) is 26.8. The van der Waals surface area contributed by atoms with E-state index in [2.05, 4.69) is 66.1 Å². The molecule has 7 aromatic carbocycles. The maximum Gasteiger partial charge on any atom is 0.268 e. The van der Waals surface area contributed by atoms with Crippen LogP contribution in [-0.4, -0.2) is 16.4 Å². The first kappa shape index (κ1) is 28.7. The zero-order chi connectivity index (χ0) is 33.1. The molecule has 1 aromatic heterocycles. The SMILES string of the molecule is Cc1ccc(-c2ccc3c4ccccc4n(-c4cccc5c4C(=O)N(c4c(-c6ccccc6)cccc4-c4ccccc4)C5=O)c3c2)cc1. The molecule has 0 unspecified atom stereocenters. The first-order valence-electron chi connectivity index (χ1n) is 16.4. The van der Waals surface area contributed by atoms with Crippen LogP contribution in [0.1, 0.15) is 26.3 Å². The number of aromatic nitrogens is 1. The molecule has 0 saturated carbocycles. The van der Waals surface area contributed by atoms with Gasteiger partial charge in [0, 0.05) is 21.9 Å². The van der Waals surface area contributed by atoms with Crippen molar-refractivity contribution >= 4 is 39.3 Å². The number of imide groups is 1. The summed E-state index contributed by atoms with van der Waals surface area (Å²) in [6.45, 7) is 2.09. The number of anilines is 1. The van der Waals surface area contributed by atoms with Gasteiger partial charge in [-0.3, -0.25) is 9.59 Å². The average molecular weight is 631 g/mol. The second-order valence-corrected chi connectivity index (χ2v) is 12.5. The number of carbonyl (C=O) groups excluding carboxylic acids is 2. The molecule has 9 rings (SSSR count). The number of benzene rings is 7. The van der Waals surface area contributed by atoms with Gasteiger partial charge in [0.25, 0.3) is 11.8 Å². The highest BCUT2D eigenvalue weighted by atomic mass is 16.2. The highest BCUT2D eigenvalue weighted by Gasteiger charge is 2.41. The first-order valence-corrected chi connectivity index (χ1v) is 16.4. The van der Waals surface area contributed by atoms with Crippen molar-refractivity contribution in [3.05, 3.63) is 180 Å². The second kappa shape index (κ2) is 11.3. The molecule has 4 heteroatoms. The maximum atomic E-state index is 15.0. The number of amides is 2. The van der Waals surface area contributed by atoms with Crippen molar-refractivity contribution in [2.75, 3.05) is 4.90 Å². The minimum absolute atomic E-state index is 0.330. The molecule has 0 radical (unpaired) electrons. The van der Waals surface area contributed by atoms with Crippen molar-refractivity contribution in [1.82, 2.24) is 4.57 Å². The Hall–Kier alpha value is -6.52. The van der Waals surface area contributed by atoms with Crippen molar-refractivity contribution in [2.45, 2.75) is 6.92 Å². The molecule has 1 aliphatic heterocycles. The summed E-state index contributed by atoms with van der Waals surface area (Å²) in [5.74, 6) is -0.666. The molecule has 0 fully saturated rings. The molecule has 4 nitrogen and oxygen atoms in total. The minimum atomic E-state index is -0.336. The van der Waals surface area contributed by atoms with Gasteiger partial charge >= 0.3 is 0 Å². The van der Waals surface area contributed by atoms with E-state index in [9.17, 15) is 9.59 Å². The van der Waals surface area contributed by atoms with Crippen molar-refractivity contribution < 1.29 is 9.59 Å². The van der Waals surface area contributed by atoms with Gasteiger partial charge < -0.3 is 4.57 Å². The predicted octanol–water partition coefficient (Wildman–Crippen LogP) is 10.9. The van der Waals surface area contributed by atoms with E-state index in [1.165, 1.54) is 10.5 Å². The van der Waals surface area contributed by atoms with Crippen LogP contribution in [0.2, 0.25) is 0 Å². The van der Waals surface area contributed by atoms with Gasteiger partial charge in [-0.1, -0.05) is 145 Å². The molecule has 2 amide bonds. The highest BCUT2D eigenvalue weighted by Crippen LogP contribution is 2.45. The molecule has 2 heterocycles. The monoisotopic (exact) mass is 630 g/mol. The van der Waals surface area contributed by atoms with Gasteiger partial charge in [-0.25, -0.2) is 4.90 Å². The Bertz CT molecular complexity index is 2530. The van der Waals surface area contributed by atoms with Gasteiger partial charge in [0.1, 0.15) is 0 Å². The zero-order valence-electron chi connectivity index (χ0n) is 26.8. The van der Waals surface area contributed by atoms with E-state index >= 15 is 0 Å². The van der Waals surface area contributed by atoms with Crippen molar-refractivity contribution in [3.8, 4) is 39.1 Å². The summed E-state index contributed by atoms with van der Waals surface area (Å²) >= 11 is 0. The van der Waals surface area contributed by atoms with E-state index < -0.39 is 0 Å². The number of para-hydroxylation sites is 2. The fourth-order valence-electron chi connectivity index (χ4n) is 7.30. The van der Waals surface area contributed by atoms with Crippen LogP contribution >= 0.6 is 0 Å². The number of carbonyl (C=O) groups is 2. The molecule has 0 N–H and O–H groups in total. The molecular weight excluding hydrogens is 601 g/mol. The maximum absolute atomic E-state index is 15.0. The lowest BCUT2D eigenvalue weighted by atomic mass is 9.95. The normalized spacial score (nSPS) is 12.6. The molecule has 0 bridgehead atoms. The quantitative estimate of drug-likeness (QED) is 0.178. The van der Waals surface area contributed by atoms with Gasteiger partial charge in [0.15, 0.2) is 0 Å². The third-order valence-electron chi connectivity index (χ3n) is 9.62. The molecule has 8 aromatic rings. The lowest BCUT2D eigenvalue weighted by Crippen LogP contribution is -2.30. The lowest BCUT2D eigenvalue weighted by Gasteiger charge is -2.23. The lowest BCUT2D eigenvalue weighted by molar-refractivity contribution is 0.0926. The standard InChI is InChI=1S/C45H30N2O2/c1-29-22-24-30(25-23-29)33-26-27-37-36-16-8-9-20-39(36)46(41(37)28-33)40-21-11-19-38-42(40)45(49)47(44(38)48)43-34(31-12-4-2-5-13-31)17-10-18-35(43)32-14-6-3-7-15-32/h2-28H,1H3. The number of hydrogen-bond donors (Lipinski definition) is 0. The Balaban J connectivity index is 1.28. The molecule has 0 spiro atoms. The van der Waals surface area contributed by atoms with E-state index in [0.29, 0.717) is 22.5 Å². The van der Waals surface area contributed by atoms with Crippen molar-refractivity contribution in [3.63, 3.8) is 0 Å². The molecule has 0 atom stereocenters. The Morgan fingerprint density at radius 1 is 0.429 bits per heavy atom. The molecule has 0 aliphatic carbocycles. The Kier molecular flexibility index (Phi) is 6.63. The molecule has 49 heavy (non-hydrogen) atoms. The fourth-order valence-corrected chi connectivity index (χ4v) is 7.30. The molecule has 1 aliphatic rings. The summed E-state index contributed by atoms with van der Waals surface area (Å²) in [5.41, 5.74) is 10.9. The van der Waals surface area contributed by atoms with Crippen LogP contribution in [0.25, 0.3) is 60.9 Å². The van der Waals surface area contributed by atoms with E-state index in [1.807, 2.05) is 103 Å². The summed E-state index contributed by atoms with van der Waals surface area (Å²) in [6.07, 6.45) is 0. The van der Waals surface area contributed by atoms with Crippen molar-refractivity contribution in [2.24, 2.45) is 0 Å². The third-order valence-corrected chi connectivity index (χ3v) is 9.62. The molecule has 232 valence electrons. The van der Waals surface area contributed by atoms with Gasteiger partial charge in [-0.2, -0.15) is 0 Å². The molecule has 0 saturated heterocycles. The topological polar surface area (TPSA) is 42.3 Å². The summed E-state index contributed by atoms with van der Waals surface area (Å²) in [6, 6.07) is 54.7. The summed E-state index contributed by atoms with van der Waals surface area (Å²) in [4.78, 5) is 31.0. The molecular formula is C45H30N2O2. The van der Waals surface area contributed by atoms with Gasteiger partial charge in [-0.15, -0.1) is 0 Å². The number of fused-ring (bicyclic) bond motifs is 4. The van der Waals surface area contributed by atoms with Crippen LogP contribution in [0.5, 0.6) is 0 Å². The Morgan fingerprint density at radius 3 is 1.69 bits per heavy atom. The summed E-state index contributed by atoms with van der Waals surface area (Å²) < 4.78 is 2.15. The van der Waals surface area contributed by atoms with Crippen LogP contribution in [0.4, 0.5) is 5.69 Å². The number of rotatable bonds is 5. The highest BCUT2D eigenvalue weighted by molar-refractivity contribution is 6.37. The van der Waals surface area contributed by atoms with E-state index in [-0.39, 0.29) is 11.8 Å². The van der Waals surface area contributed by atoms with Crippen molar-refractivity contribution in [1.29, 1.82) is 0 Å². The Labute approximate surface area is 284 Å². The van der Waals surface area contributed by atoms with E-state index in [4.69, 9.17) is 0 Å². The Morgan fingerprint density at radius 2 is 1.00 bits per heavy atom. The minimum Gasteiger partial charge on any atom is -0.308 e. The first-order chi connectivity index (χ1) is 24.1. The van der Waals surface area contributed by atoms with Gasteiger partial charge in [-0.05, 0) is 53.4 Å². The summed E-state index contributed by atoms with van der Waals surface area (Å²) in [5, 5.41) is 2.17. The van der Waals surface area contributed by atoms with Crippen LogP contribution in [0.3, 0.4) is 0 Å². The number of hydrogen-bond acceptors (Lipinski definition) is 2. The second-order valence-electron chi connectivity index (χ2n) is 12.5. The smallest absolute Gasteiger partial charge is 0.268 e. The third kappa shape index (κ3) is 4.53. The summed E-state index contributed by atoms with van der Waals surface area (Å²) in [7, 11) is 0. The van der Waals surface area contributed by atoms with Crippen LogP contribution in [0.15, 0.2) is 164 Å². The average Bonchev–Trinajstić information content (AvgIpc) is 3.62. The number of aryl methyl sites for hydroxylation is 1. The van der Waals surface area contributed by atoms with E-state index in [0.717, 1.165) is 55.2 Å². The van der Waals surface area contributed by atoms with Crippen LogP contribution in [0, 0.1) is 6.92 Å². The van der Waals surface area contributed by atoms with Crippen LogP contribution < -0.4 is 4.90 Å².